The standard InChI is InChI=1S/C45H66ClN5O5S/c1-31(2)50-22-21-49-20-19-48(26-38(49)27-50)29-45(55-6)17-7-9-32(3)33(4)57(53,54)47-42(52)34-12-14-41-40(23-34)51(25-35-11-13-39(35)45)28-44(30-56-41)16-8-10-36-24-37(46)15-18-43(36,44)5/h7,12,14-15,17-18,23-24,31-33,35-36,38-39H,8-11,13,16,19-22,25-30H2,1-6H3,(H,47,52)/b17-7+/t32-,33+,35-,36?,38-,39+,43?,44-,45+/m0/s1. The van der Waals surface area contributed by atoms with Crippen LogP contribution in [0.15, 0.2) is 53.6 Å². The molecular formula is C45H66ClN5O5S. The van der Waals surface area contributed by atoms with Gasteiger partial charge in [0.2, 0.25) is 10.0 Å². The van der Waals surface area contributed by atoms with E-state index in [-0.39, 0.29) is 22.7 Å². The minimum atomic E-state index is -3.96. The zero-order valence-corrected chi connectivity index (χ0v) is 36.7. The molecule has 4 aliphatic heterocycles. The molecule has 1 N–H and O–H groups in total. The van der Waals surface area contributed by atoms with Crippen molar-refractivity contribution in [3.63, 3.8) is 0 Å². The van der Waals surface area contributed by atoms with Gasteiger partial charge in [0, 0.05) is 99.5 Å². The highest BCUT2D eigenvalue weighted by Crippen LogP contribution is 2.59. The van der Waals surface area contributed by atoms with Crippen molar-refractivity contribution in [2.45, 2.75) is 96.1 Å². The van der Waals surface area contributed by atoms with Gasteiger partial charge in [-0.3, -0.25) is 19.5 Å². The van der Waals surface area contributed by atoms with Crippen molar-refractivity contribution in [1.29, 1.82) is 0 Å². The Balaban J connectivity index is 1.17. The van der Waals surface area contributed by atoms with Gasteiger partial charge in [-0.15, -0.1) is 0 Å². The lowest BCUT2D eigenvalue weighted by molar-refractivity contribution is -0.103. The fraction of sp³-hybridized carbons (Fsp3) is 0.711. The van der Waals surface area contributed by atoms with E-state index in [0.717, 1.165) is 107 Å². The fourth-order valence-corrected chi connectivity index (χ4v) is 13.1. The molecule has 3 aliphatic carbocycles. The number of rotatable bonds is 4. The molecule has 9 atom stereocenters. The first-order chi connectivity index (χ1) is 27.2. The molecule has 10 nitrogen and oxygen atoms in total. The molecule has 0 aromatic heterocycles. The summed E-state index contributed by atoms with van der Waals surface area (Å²) < 4.78 is 43.6. The molecule has 7 aliphatic rings. The lowest BCUT2D eigenvalue weighted by atomic mass is 9.51. The summed E-state index contributed by atoms with van der Waals surface area (Å²) in [5, 5.41) is 0.0254. The summed E-state index contributed by atoms with van der Waals surface area (Å²) in [7, 11) is -2.08. The maximum atomic E-state index is 13.8. The summed E-state index contributed by atoms with van der Waals surface area (Å²) in [5.74, 6) is 0.828. The summed E-state index contributed by atoms with van der Waals surface area (Å²) in [6, 6.07) is 6.49. The maximum absolute atomic E-state index is 13.8. The fourth-order valence-electron chi connectivity index (χ4n) is 11.6. The highest BCUT2D eigenvalue weighted by Gasteiger charge is 2.57. The second kappa shape index (κ2) is 15.9. The summed E-state index contributed by atoms with van der Waals surface area (Å²) in [5.41, 5.74) is 0.260. The number of methoxy groups -OCH3 is 1. The molecule has 1 aromatic rings. The van der Waals surface area contributed by atoms with Gasteiger partial charge in [0.25, 0.3) is 5.91 Å². The van der Waals surface area contributed by atoms with Gasteiger partial charge in [-0.25, -0.2) is 13.1 Å². The number of fused-ring (bicyclic) bond motifs is 5. The van der Waals surface area contributed by atoms with Gasteiger partial charge < -0.3 is 14.4 Å². The number of nitrogens with zero attached hydrogens (tertiary/aromatic N) is 4. The van der Waals surface area contributed by atoms with Gasteiger partial charge in [0.05, 0.1) is 17.5 Å². The molecule has 2 saturated carbocycles. The van der Waals surface area contributed by atoms with Gasteiger partial charge in [0.1, 0.15) is 11.4 Å². The van der Waals surface area contributed by atoms with Crippen molar-refractivity contribution in [3.8, 4) is 5.75 Å². The third-order valence-electron chi connectivity index (χ3n) is 15.9. The second-order valence-electron chi connectivity index (χ2n) is 19.2. The van der Waals surface area contributed by atoms with Crippen LogP contribution < -0.4 is 14.4 Å². The number of sulfonamides is 1. The van der Waals surface area contributed by atoms with Crippen LogP contribution in [0.25, 0.3) is 0 Å². The van der Waals surface area contributed by atoms with Crippen LogP contribution in [-0.2, 0) is 14.8 Å². The quantitative estimate of drug-likeness (QED) is 0.340. The molecule has 8 rings (SSSR count). The summed E-state index contributed by atoms with van der Waals surface area (Å²) >= 11 is 6.63. The van der Waals surface area contributed by atoms with Crippen molar-refractivity contribution in [1.82, 2.24) is 19.4 Å². The number of carbonyl (C=O) groups is 1. The Kier molecular flexibility index (Phi) is 11.5. The van der Waals surface area contributed by atoms with Crippen molar-refractivity contribution in [3.05, 3.63) is 59.2 Å². The lowest BCUT2D eigenvalue weighted by Gasteiger charge is -2.56. The van der Waals surface area contributed by atoms with Crippen LogP contribution in [0.2, 0.25) is 0 Å². The number of piperazine rings is 2. The number of anilines is 1. The number of allylic oxidation sites excluding steroid dienone is 5. The molecule has 12 heteroatoms. The molecule has 4 fully saturated rings. The summed E-state index contributed by atoms with van der Waals surface area (Å²) in [6.07, 6.45) is 17.0. The van der Waals surface area contributed by atoms with E-state index in [0.29, 0.717) is 42.5 Å². The molecule has 1 spiro atoms. The van der Waals surface area contributed by atoms with E-state index in [1.54, 1.807) is 13.0 Å². The van der Waals surface area contributed by atoms with Gasteiger partial charge in [-0.1, -0.05) is 56.2 Å². The van der Waals surface area contributed by atoms with Crippen molar-refractivity contribution < 1.29 is 22.7 Å². The molecule has 0 radical (unpaired) electrons. The molecule has 2 unspecified atom stereocenters. The first kappa shape index (κ1) is 41.3. The molecular weight excluding hydrogens is 758 g/mol. The molecule has 1 aromatic carbocycles. The summed E-state index contributed by atoms with van der Waals surface area (Å²) in [4.78, 5) is 24.2. The first-order valence-electron chi connectivity index (χ1n) is 21.7. The second-order valence-corrected chi connectivity index (χ2v) is 21.7. The van der Waals surface area contributed by atoms with Crippen LogP contribution in [0.1, 0.15) is 83.5 Å². The Bertz CT molecular complexity index is 1890. The van der Waals surface area contributed by atoms with Crippen LogP contribution in [0.5, 0.6) is 5.75 Å². The molecule has 314 valence electrons. The minimum absolute atomic E-state index is 0.174. The van der Waals surface area contributed by atoms with Crippen LogP contribution in [-0.4, -0.2) is 125 Å². The topological polar surface area (TPSA) is 94.7 Å². The Morgan fingerprint density at radius 1 is 1.05 bits per heavy atom. The predicted octanol–water partition coefficient (Wildman–Crippen LogP) is 6.54. The zero-order chi connectivity index (χ0) is 40.3. The third-order valence-corrected chi connectivity index (χ3v) is 18.1. The Hall–Kier alpha value is -2.41. The van der Waals surface area contributed by atoms with E-state index in [1.165, 1.54) is 0 Å². The normalized spacial score (nSPS) is 39.5. The van der Waals surface area contributed by atoms with Gasteiger partial charge in [-0.05, 0) is 101 Å². The molecule has 4 heterocycles. The molecule has 2 bridgehead atoms. The number of hydrogen-bond acceptors (Lipinski definition) is 9. The number of halogens is 1. The predicted molar refractivity (Wildman–Crippen MR) is 228 cm³/mol. The number of nitrogens with one attached hydrogen (secondary N) is 1. The van der Waals surface area contributed by atoms with E-state index < -0.39 is 26.8 Å². The zero-order valence-electron chi connectivity index (χ0n) is 35.1. The monoisotopic (exact) mass is 823 g/mol. The summed E-state index contributed by atoms with van der Waals surface area (Å²) in [6.45, 7) is 20.0. The average Bonchev–Trinajstić information content (AvgIpc) is 3.33. The average molecular weight is 825 g/mol. The van der Waals surface area contributed by atoms with Crippen molar-refractivity contribution >= 4 is 33.2 Å². The van der Waals surface area contributed by atoms with Crippen molar-refractivity contribution in [2.75, 3.05) is 77.5 Å². The third kappa shape index (κ3) is 7.64. The minimum Gasteiger partial charge on any atom is -0.491 e. The molecule has 2 saturated heterocycles. The van der Waals surface area contributed by atoms with Crippen LogP contribution in [0.3, 0.4) is 0 Å². The number of benzene rings is 1. The number of ether oxygens (including phenoxy) is 2. The highest BCUT2D eigenvalue weighted by molar-refractivity contribution is 7.90. The van der Waals surface area contributed by atoms with Crippen LogP contribution in [0, 0.1) is 34.5 Å². The van der Waals surface area contributed by atoms with Crippen molar-refractivity contribution in [2.24, 2.45) is 34.5 Å². The van der Waals surface area contributed by atoms with E-state index in [4.69, 9.17) is 21.1 Å². The van der Waals surface area contributed by atoms with E-state index in [1.807, 2.05) is 26.2 Å². The molecule has 57 heavy (non-hydrogen) atoms. The maximum Gasteiger partial charge on any atom is 0.264 e. The van der Waals surface area contributed by atoms with Gasteiger partial charge >= 0.3 is 0 Å². The molecule has 1 amide bonds. The van der Waals surface area contributed by atoms with E-state index in [2.05, 4.69) is 75.5 Å². The van der Waals surface area contributed by atoms with Crippen LogP contribution in [0.4, 0.5) is 5.69 Å². The largest absolute Gasteiger partial charge is 0.491 e. The van der Waals surface area contributed by atoms with Gasteiger partial charge in [0.15, 0.2) is 0 Å². The van der Waals surface area contributed by atoms with E-state index >= 15 is 0 Å². The van der Waals surface area contributed by atoms with Crippen LogP contribution >= 0.6 is 11.6 Å². The van der Waals surface area contributed by atoms with E-state index in [9.17, 15) is 13.2 Å². The highest BCUT2D eigenvalue weighted by atomic mass is 35.5. The number of hydrogen-bond donors (Lipinski definition) is 1. The Morgan fingerprint density at radius 3 is 2.61 bits per heavy atom. The Labute approximate surface area is 347 Å². The number of carbonyl (C=O) groups excluding carboxylic acids is 1. The lowest BCUT2D eigenvalue weighted by Crippen LogP contribution is -2.65. The smallest absolute Gasteiger partial charge is 0.264 e. The SMILES string of the molecule is CO[C@@]1(CN2CCN3CCN(C(C)C)C[C@@H]3C2)/C=C/C[C@H](C)[C@@H](C)S(=O)(=O)NC(=O)c2ccc3c(c2)N(C[C@@H]2CC[C@H]21)C[C@@]1(CCCC2C=C(Cl)C=CC21C)CO3. The Morgan fingerprint density at radius 2 is 1.86 bits per heavy atom. The van der Waals surface area contributed by atoms with Gasteiger partial charge in [-0.2, -0.15) is 0 Å². The first-order valence-corrected chi connectivity index (χ1v) is 23.7. The number of amides is 1.